The number of aromatic nitrogens is 2. The molecule has 7 nitrogen and oxygen atoms in total. The summed E-state index contributed by atoms with van der Waals surface area (Å²) in [6, 6.07) is -0.0177. The van der Waals surface area contributed by atoms with Crippen LogP contribution < -0.4 is 0 Å². The highest BCUT2D eigenvalue weighted by atomic mass is 32.2. The maximum absolute atomic E-state index is 12.7. The maximum atomic E-state index is 12.7. The van der Waals surface area contributed by atoms with E-state index >= 15 is 0 Å². The van der Waals surface area contributed by atoms with E-state index in [9.17, 15) is 8.42 Å². The zero-order chi connectivity index (χ0) is 14.6. The average molecular weight is 313 g/mol. The summed E-state index contributed by atoms with van der Waals surface area (Å²) in [4.78, 5) is 4.27. The van der Waals surface area contributed by atoms with E-state index in [4.69, 9.17) is 9.26 Å². The van der Waals surface area contributed by atoms with Crippen molar-refractivity contribution in [2.75, 3.05) is 13.2 Å². The normalized spacial score (nSPS) is 34.0. The van der Waals surface area contributed by atoms with Crippen molar-refractivity contribution in [1.29, 1.82) is 0 Å². The van der Waals surface area contributed by atoms with Gasteiger partial charge in [0.05, 0.1) is 23.3 Å². The van der Waals surface area contributed by atoms with Crippen LogP contribution in [0.5, 0.6) is 0 Å². The van der Waals surface area contributed by atoms with Crippen LogP contribution in [-0.4, -0.2) is 53.4 Å². The summed E-state index contributed by atoms with van der Waals surface area (Å²) in [6.45, 7) is 2.83. The molecule has 1 aliphatic carbocycles. The Morgan fingerprint density at radius 2 is 2.10 bits per heavy atom. The first-order valence-electron chi connectivity index (χ1n) is 7.48. The van der Waals surface area contributed by atoms with Crippen molar-refractivity contribution in [2.24, 2.45) is 0 Å². The van der Waals surface area contributed by atoms with Gasteiger partial charge in [-0.2, -0.15) is 9.29 Å². The van der Waals surface area contributed by atoms with Crippen molar-refractivity contribution >= 4 is 10.0 Å². The van der Waals surface area contributed by atoms with Crippen molar-refractivity contribution in [3.05, 3.63) is 11.7 Å². The number of fused-ring (bicyclic) bond motifs is 1. The summed E-state index contributed by atoms with van der Waals surface area (Å²) >= 11 is 0. The summed E-state index contributed by atoms with van der Waals surface area (Å²) in [5, 5.41) is 3.62. The molecule has 0 N–H and O–H groups in total. The Hall–Kier alpha value is -0.990. The van der Waals surface area contributed by atoms with Crippen LogP contribution in [0, 0.1) is 6.92 Å². The van der Waals surface area contributed by atoms with E-state index in [2.05, 4.69) is 10.1 Å². The van der Waals surface area contributed by atoms with Gasteiger partial charge in [-0.25, -0.2) is 8.42 Å². The van der Waals surface area contributed by atoms with Gasteiger partial charge in [0.1, 0.15) is 0 Å². The number of ether oxygens (including phenoxy) is 1. The average Bonchev–Trinajstić information content (AvgIpc) is 3.07. The Kier molecular flexibility index (Phi) is 3.09. The van der Waals surface area contributed by atoms with Crippen molar-refractivity contribution < 1.29 is 17.7 Å². The molecule has 3 heterocycles. The zero-order valence-electron chi connectivity index (χ0n) is 11.9. The minimum atomic E-state index is -3.21. The lowest BCUT2D eigenvalue weighted by Crippen LogP contribution is -2.52. The molecule has 1 aromatic rings. The van der Waals surface area contributed by atoms with Crippen LogP contribution in [-0.2, 0) is 14.8 Å². The van der Waals surface area contributed by atoms with Gasteiger partial charge >= 0.3 is 0 Å². The smallest absolute Gasteiger partial charge is 0.231 e. The molecule has 0 spiro atoms. The molecule has 0 amide bonds. The predicted molar refractivity (Wildman–Crippen MR) is 73.2 cm³/mol. The van der Waals surface area contributed by atoms with Crippen molar-refractivity contribution in [2.45, 2.75) is 55.9 Å². The molecule has 1 aromatic heterocycles. The molecule has 2 saturated heterocycles. The Balaban J connectivity index is 1.64. The largest absolute Gasteiger partial charge is 0.376 e. The number of piperidine rings is 1. The van der Waals surface area contributed by atoms with Gasteiger partial charge in [0, 0.05) is 13.2 Å². The minimum Gasteiger partial charge on any atom is -0.376 e. The van der Waals surface area contributed by atoms with Gasteiger partial charge in [0.25, 0.3) is 0 Å². The first kappa shape index (κ1) is 13.7. The summed E-state index contributed by atoms with van der Waals surface area (Å²) in [5.74, 6) is 1.03. The number of rotatable bonds is 3. The fourth-order valence-electron chi connectivity index (χ4n) is 3.41. The number of hydrogen-bond donors (Lipinski definition) is 0. The lowest BCUT2D eigenvalue weighted by molar-refractivity contribution is 0.0417. The molecule has 3 fully saturated rings. The molecule has 0 aromatic carbocycles. The van der Waals surface area contributed by atoms with Gasteiger partial charge in [-0.15, -0.1) is 0 Å². The molecule has 0 radical (unpaired) electrons. The topological polar surface area (TPSA) is 85.5 Å². The minimum absolute atomic E-state index is 0.0177. The van der Waals surface area contributed by atoms with Crippen LogP contribution in [0.15, 0.2) is 4.52 Å². The third kappa shape index (κ3) is 2.29. The quantitative estimate of drug-likeness (QED) is 0.821. The third-order valence-electron chi connectivity index (χ3n) is 4.63. The summed E-state index contributed by atoms with van der Waals surface area (Å²) < 4.78 is 38.0. The van der Waals surface area contributed by atoms with E-state index in [0.717, 1.165) is 25.7 Å². The molecule has 2 aliphatic heterocycles. The van der Waals surface area contributed by atoms with Crippen LogP contribution in [0.25, 0.3) is 0 Å². The lowest BCUT2D eigenvalue weighted by Gasteiger charge is -2.38. The Morgan fingerprint density at radius 1 is 1.29 bits per heavy atom. The molecular formula is C13H19N3O4S. The van der Waals surface area contributed by atoms with E-state index in [1.807, 2.05) is 0 Å². The van der Waals surface area contributed by atoms with E-state index in [1.165, 1.54) is 0 Å². The van der Waals surface area contributed by atoms with E-state index in [1.54, 1.807) is 11.2 Å². The Labute approximate surface area is 123 Å². The van der Waals surface area contributed by atoms with Crippen molar-refractivity contribution in [1.82, 2.24) is 14.4 Å². The third-order valence-corrected chi connectivity index (χ3v) is 7.01. The first-order valence-corrected chi connectivity index (χ1v) is 8.98. The van der Waals surface area contributed by atoms with Gasteiger partial charge < -0.3 is 9.26 Å². The van der Waals surface area contributed by atoms with E-state index < -0.39 is 10.0 Å². The number of aryl methyl sites for hydroxylation is 1. The van der Waals surface area contributed by atoms with Gasteiger partial charge in [0.15, 0.2) is 5.82 Å². The van der Waals surface area contributed by atoms with Gasteiger partial charge in [0.2, 0.25) is 15.9 Å². The van der Waals surface area contributed by atoms with Gasteiger partial charge in [-0.1, -0.05) is 5.16 Å². The summed E-state index contributed by atoms with van der Waals surface area (Å²) in [6.07, 6.45) is 3.04. The molecule has 116 valence electrons. The van der Waals surface area contributed by atoms with Gasteiger partial charge in [-0.3, -0.25) is 0 Å². The monoisotopic (exact) mass is 313 g/mol. The molecule has 3 aliphatic rings. The fourth-order valence-corrected chi connectivity index (χ4v) is 5.53. The van der Waals surface area contributed by atoms with Crippen LogP contribution in [0.4, 0.5) is 0 Å². The maximum Gasteiger partial charge on any atom is 0.231 e. The van der Waals surface area contributed by atoms with Crippen LogP contribution >= 0.6 is 0 Å². The van der Waals surface area contributed by atoms with Gasteiger partial charge in [-0.05, 0) is 32.6 Å². The van der Waals surface area contributed by atoms with E-state index in [-0.39, 0.29) is 23.3 Å². The van der Waals surface area contributed by atoms with E-state index in [0.29, 0.717) is 24.9 Å². The molecule has 0 bridgehead atoms. The van der Waals surface area contributed by atoms with Crippen LogP contribution in [0.1, 0.15) is 43.3 Å². The van der Waals surface area contributed by atoms with Crippen molar-refractivity contribution in [3.63, 3.8) is 0 Å². The molecule has 1 saturated carbocycles. The number of hydrogen-bond acceptors (Lipinski definition) is 6. The first-order chi connectivity index (χ1) is 10.1. The van der Waals surface area contributed by atoms with Crippen LogP contribution in [0.3, 0.4) is 0 Å². The molecule has 4 rings (SSSR count). The second-order valence-corrected chi connectivity index (χ2v) is 8.36. The highest BCUT2D eigenvalue weighted by molar-refractivity contribution is 7.90. The molecular weight excluding hydrogens is 294 g/mol. The highest BCUT2D eigenvalue weighted by Gasteiger charge is 2.50. The SMILES string of the molecule is Cc1noc([C@@H]2C[C@@H]3OCC[C@@H]3N(S(=O)(=O)C3CC3)C2)n1. The Bertz CT molecular complexity index is 640. The summed E-state index contributed by atoms with van der Waals surface area (Å²) in [7, 11) is -3.21. The van der Waals surface area contributed by atoms with Crippen LogP contribution in [0.2, 0.25) is 0 Å². The molecule has 21 heavy (non-hydrogen) atoms. The second kappa shape index (κ2) is 4.76. The molecule has 0 unspecified atom stereocenters. The highest BCUT2D eigenvalue weighted by Crippen LogP contribution is 2.41. The van der Waals surface area contributed by atoms with Crippen molar-refractivity contribution in [3.8, 4) is 0 Å². The molecule has 3 atom stereocenters. The number of sulfonamides is 1. The summed E-state index contributed by atoms with van der Waals surface area (Å²) in [5.41, 5.74) is 0. The second-order valence-electron chi connectivity index (χ2n) is 6.19. The lowest BCUT2D eigenvalue weighted by atomic mass is 9.92. The Morgan fingerprint density at radius 3 is 2.76 bits per heavy atom. The fraction of sp³-hybridized carbons (Fsp3) is 0.846. The predicted octanol–water partition coefficient (Wildman–Crippen LogP) is 0.817. The number of nitrogens with zero attached hydrogens (tertiary/aromatic N) is 3. The standard InChI is InChI=1S/C13H19N3O4S/c1-8-14-13(20-15-8)9-6-12-11(4-5-19-12)16(7-9)21(17,18)10-2-3-10/h9-12H,2-7H2,1H3/t9-,11+,12+/m1/s1. The zero-order valence-corrected chi connectivity index (χ0v) is 12.8. The molecule has 8 heteroatoms.